The van der Waals surface area contributed by atoms with Crippen LogP contribution in [0.25, 0.3) is 0 Å². The molecular formula is C19H22N6O5. The Morgan fingerprint density at radius 2 is 2.10 bits per heavy atom. The number of primary amides is 1. The zero-order chi connectivity index (χ0) is 21.7. The van der Waals surface area contributed by atoms with Gasteiger partial charge in [0.05, 0.1) is 12.5 Å². The van der Waals surface area contributed by atoms with Crippen LogP contribution in [0.5, 0.6) is 0 Å². The summed E-state index contributed by atoms with van der Waals surface area (Å²) in [6, 6.07) is 0.856. The highest BCUT2D eigenvalue weighted by atomic mass is 16.3. The van der Waals surface area contributed by atoms with E-state index in [0.29, 0.717) is 6.42 Å². The quantitative estimate of drug-likeness (QED) is 0.572. The molecule has 4 N–H and O–H groups in total. The van der Waals surface area contributed by atoms with Crippen molar-refractivity contribution in [1.29, 1.82) is 0 Å². The number of amides is 4. The third kappa shape index (κ3) is 4.80. The van der Waals surface area contributed by atoms with Crippen LogP contribution >= 0.6 is 0 Å². The standard InChI is InChI=1S/C19H22N6O5/c1-11(16(20)26)23-18(28)14-9-12(24-17(27)13-10-21-5-6-22-13)4-7-25(14)19(29)15-3-2-8-30-15/h2-3,5-6,8,10-12,14H,4,7,9H2,1H3,(H2,20,26)(H,23,28)(H,24,27)/t11-,12+,14+/m1/s1. The van der Waals surface area contributed by atoms with E-state index >= 15 is 0 Å². The summed E-state index contributed by atoms with van der Waals surface area (Å²) in [6.45, 7) is 1.66. The summed E-state index contributed by atoms with van der Waals surface area (Å²) in [4.78, 5) is 58.5. The minimum atomic E-state index is -0.926. The average molecular weight is 414 g/mol. The number of hydrogen-bond acceptors (Lipinski definition) is 7. The molecule has 0 radical (unpaired) electrons. The predicted molar refractivity (Wildman–Crippen MR) is 103 cm³/mol. The van der Waals surface area contributed by atoms with Crippen LogP contribution < -0.4 is 16.4 Å². The fourth-order valence-corrected chi connectivity index (χ4v) is 3.19. The molecule has 158 valence electrons. The summed E-state index contributed by atoms with van der Waals surface area (Å²) in [6.07, 6.45) is 6.13. The van der Waals surface area contributed by atoms with Crippen LogP contribution in [-0.2, 0) is 9.59 Å². The Balaban J connectivity index is 1.75. The average Bonchev–Trinajstić information content (AvgIpc) is 3.28. The molecule has 1 saturated heterocycles. The molecule has 3 rings (SSSR count). The van der Waals surface area contributed by atoms with Crippen LogP contribution in [0.4, 0.5) is 0 Å². The van der Waals surface area contributed by atoms with Gasteiger partial charge in [0.25, 0.3) is 11.8 Å². The molecule has 2 aromatic heterocycles. The zero-order valence-electron chi connectivity index (χ0n) is 16.3. The van der Waals surface area contributed by atoms with Crippen molar-refractivity contribution in [3.8, 4) is 0 Å². The van der Waals surface area contributed by atoms with Gasteiger partial charge in [-0.2, -0.15) is 0 Å². The second-order valence-electron chi connectivity index (χ2n) is 6.91. The molecule has 30 heavy (non-hydrogen) atoms. The Morgan fingerprint density at radius 1 is 1.30 bits per heavy atom. The van der Waals surface area contributed by atoms with Crippen molar-refractivity contribution in [2.45, 2.75) is 37.9 Å². The molecule has 4 amide bonds. The second-order valence-corrected chi connectivity index (χ2v) is 6.91. The second kappa shape index (κ2) is 9.16. The number of rotatable bonds is 6. The van der Waals surface area contributed by atoms with E-state index in [1.165, 1.54) is 42.7 Å². The molecule has 0 bridgehead atoms. The molecule has 0 aromatic carbocycles. The van der Waals surface area contributed by atoms with Gasteiger partial charge in [0.1, 0.15) is 17.8 Å². The molecule has 3 heterocycles. The van der Waals surface area contributed by atoms with Gasteiger partial charge < -0.3 is 25.7 Å². The predicted octanol–water partition coefficient (Wildman–Crippen LogP) is -0.537. The number of nitrogens with one attached hydrogen (secondary N) is 2. The maximum absolute atomic E-state index is 12.8. The topological polar surface area (TPSA) is 161 Å². The van der Waals surface area contributed by atoms with Gasteiger partial charge in [0.2, 0.25) is 11.8 Å². The fourth-order valence-electron chi connectivity index (χ4n) is 3.19. The Hall–Kier alpha value is -3.76. The van der Waals surface area contributed by atoms with Crippen molar-refractivity contribution in [1.82, 2.24) is 25.5 Å². The van der Waals surface area contributed by atoms with E-state index in [4.69, 9.17) is 10.2 Å². The van der Waals surface area contributed by atoms with Crippen molar-refractivity contribution in [3.05, 3.63) is 48.4 Å². The Labute approximate surface area is 172 Å². The number of piperidine rings is 1. The third-order valence-electron chi connectivity index (χ3n) is 4.81. The zero-order valence-corrected chi connectivity index (χ0v) is 16.3. The van der Waals surface area contributed by atoms with Gasteiger partial charge >= 0.3 is 0 Å². The first-order chi connectivity index (χ1) is 14.4. The number of carbonyl (C=O) groups excluding carboxylic acids is 4. The first-order valence-corrected chi connectivity index (χ1v) is 9.38. The van der Waals surface area contributed by atoms with E-state index in [0.717, 1.165) is 0 Å². The lowest BCUT2D eigenvalue weighted by molar-refractivity contribution is -0.131. The normalized spacial score (nSPS) is 19.6. The van der Waals surface area contributed by atoms with Crippen molar-refractivity contribution in [3.63, 3.8) is 0 Å². The Kier molecular flexibility index (Phi) is 6.40. The lowest BCUT2D eigenvalue weighted by atomic mass is 9.95. The third-order valence-corrected chi connectivity index (χ3v) is 4.81. The van der Waals surface area contributed by atoms with Crippen LogP contribution in [0, 0.1) is 0 Å². The van der Waals surface area contributed by atoms with E-state index in [1.807, 2.05) is 0 Å². The van der Waals surface area contributed by atoms with E-state index in [9.17, 15) is 19.2 Å². The number of hydrogen-bond donors (Lipinski definition) is 3. The van der Waals surface area contributed by atoms with Gasteiger partial charge in [-0.05, 0) is 31.9 Å². The summed E-state index contributed by atoms with van der Waals surface area (Å²) >= 11 is 0. The minimum absolute atomic E-state index is 0.0952. The lowest BCUT2D eigenvalue weighted by Crippen LogP contribution is -2.59. The van der Waals surface area contributed by atoms with Gasteiger partial charge in [-0.15, -0.1) is 0 Å². The minimum Gasteiger partial charge on any atom is -0.459 e. The maximum atomic E-state index is 12.8. The number of likely N-dealkylation sites (tertiary alicyclic amines) is 1. The fraction of sp³-hybridized carbons (Fsp3) is 0.368. The van der Waals surface area contributed by atoms with Gasteiger partial charge in [0, 0.05) is 25.0 Å². The molecule has 11 heteroatoms. The van der Waals surface area contributed by atoms with E-state index in [-0.39, 0.29) is 30.5 Å². The molecule has 11 nitrogen and oxygen atoms in total. The lowest BCUT2D eigenvalue weighted by Gasteiger charge is -2.38. The number of furan rings is 1. The molecule has 0 unspecified atom stereocenters. The van der Waals surface area contributed by atoms with E-state index in [1.54, 1.807) is 6.07 Å². The molecule has 1 fully saturated rings. The molecule has 1 aliphatic rings. The number of nitrogens with zero attached hydrogens (tertiary/aromatic N) is 3. The van der Waals surface area contributed by atoms with Crippen LogP contribution in [0.15, 0.2) is 41.4 Å². The molecule has 2 aromatic rings. The van der Waals surface area contributed by atoms with Crippen molar-refractivity contribution < 1.29 is 23.6 Å². The first-order valence-electron chi connectivity index (χ1n) is 9.38. The van der Waals surface area contributed by atoms with Gasteiger partial charge in [0.15, 0.2) is 5.76 Å². The highest BCUT2D eigenvalue weighted by Crippen LogP contribution is 2.21. The summed E-state index contributed by atoms with van der Waals surface area (Å²) in [7, 11) is 0. The molecular weight excluding hydrogens is 392 g/mol. The summed E-state index contributed by atoms with van der Waals surface area (Å²) in [5.74, 6) is -2.03. The Bertz CT molecular complexity index is 917. The largest absolute Gasteiger partial charge is 0.459 e. The highest BCUT2D eigenvalue weighted by molar-refractivity contribution is 5.97. The van der Waals surface area contributed by atoms with Crippen LogP contribution in [0.2, 0.25) is 0 Å². The smallest absolute Gasteiger partial charge is 0.290 e. The Morgan fingerprint density at radius 3 is 2.73 bits per heavy atom. The van der Waals surface area contributed by atoms with Crippen LogP contribution in [0.3, 0.4) is 0 Å². The van der Waals surface area contributed by atoms with Crippen molar-refractivity contribution in [2.24, 2.45) is 5.73 Å². The molecule has 0 aliphatic carbocycles. The summed E-state index contributed by atoms with van der Waals surface area (Å²) < 4.78 is 5.16. The van der Waals surface area contributed by atoms with E-state index in [2.05, 4.69) is 20.6 Å². The van der Waals surface area contributed by atoms with Crippen LogP contribution in [0.1, 0.15) is 40.8 Å². The SMILES string of the molecule is C[C@@H](NC(=O)[C@@H]1C[C@@H](NC(=O)c2cnccn2)CCN1C(=O)c1ccco1)C(N)=O. The highest BCUT2D eigenvalue weighted by Gasteiger charge is 2.38. The maximum Gasteiger partial charge on any atom is 0.290 e. The van der Waals surface area contributed by atoms with E-state index < -0.39 is 35.7 Å². The van der Waals surface area contributed by atoms with Crippen LogP contribution in [-0.4, -0.2) is 63.2 Å². The summed E-state index contributed by atoms with van der Waals surface area (Å²) in [5.41, 5.74) is 5.37. The molecule has 1 aliphatic heterocycles. The summed E-state index contributed by atoms with van der Waals surface area (Å²) in [5, 5.41) is 5.33. The first kappa shape index (κ1) is 21.0. The van der Waals surface area contributed by atoms with Gasteiger partial charge in [-0.1, -0.05) is 0 Å². The number of carbonyl (C=O) groups is 4. The van der Waals surface area contributed by atoms with Crippen molar-refractivity contribution in [2.75, 3.05) is 6.54 Å². The number of nitrogens with two attached hydrogens (primary N) is 1. The molecule has 0 saturated carbocycles. The van der Waals surface area contributed by atoms with Crippen molar-refractivity contribution >= 4 is 23.6 Å². The van der Waals surface area contributed by atoms with Gasteiger partial charge in [-0.25, -0.2) is 4.98 Å². The monoisotopic (exact) mass is 414 g/mol. The van der Waals surface area contributed by atoms with Gasteiger partial charge in [-0.3, -0.25) is 24.2 Å². The number of aromatic nitrogens is 2. The molecule has 3 atom stereocenters. The molecule has 0 spiro atoms.